The lowest BCUT2D eigenvalue weighted by atomic mass is 9.90. The summed E-state index contributed by atoms with van der Waals surface area (Å²) in [5.41, 5.74) is 1.40. The number of rotatable bonds is 9. The number of hydrogen-bond donors (Lipinski definition) is 2. The summed E-state index contributed by atoms with van der Waals surface area (Å²) in [7, 11) is 0. The first-order valence-corrected chi connectivity index (χ1v) is 17.3. The first-order chi connectivity index (χ1) is 23.1. The van der Waals surface area contributed by atoms with Crippen LogP contribution in [0.3, 0.4) is 0 Å². The van der Waals surface area contributed by atoms with Gasteiger partial charge in [0.15, 0.2) is 5.65 Å². The van der Waals surface area contributed by atoms with E-state index in [1.54, 1.807) is 30.4 Å². The fourth-order valence-corrected chi connectivity index (χ4v) is 7.79. The number of carbonyl (C=O) groups is 1. The van der Waals surface area contributed by atoms with E-state index >= 15 is 0 Å². The highest BCUT2D eigenvalue weighted by molar-refractivity contribution is 5.98. The first-order valence-electron chi connectivity index (χ1n) is 17.3. The average molecular weight is 676 g/mol. The van der Waals surface area contributed by atoms with E-state index < -0.39 is 11.0 Å². The molecule has 2 fully saturated rings. The fraction of sp³-hybridized carbons (Fsp3) is 0.611. The minimum absolute atomic E-state index is 0.0111. The highest BCUT2D eigenvalue weighted by Crippen LogP contribution is 2.42. The largest absolute Gasteiger partial charge is 0.389 e. The van der Waals surface area contributed by atoms with Crippen LogP contribution in [0, 0.1) is 12.4 Å². The highest BCUT2D eigenvalue weighted by atomic mass is 19.1. The van der Waals surface area contributed by atoms with E-state index in [4.69, 9.17) is 11.7 Å². The normalized spacial score (nSPS) is 23.6. The van der Waals surface area contributed by atoms with Gasteiger partial charge in [-0.15, -0.1) is 5.10 Å². The third-order valence-electron chi connectivity index (χ3n) is 10.2. The molecule has 13 heteroatoms. The Morgan fingerprint density at radius 2 is 1.90 bits per heavy atom. The van der Waals surface area contributed by atoms with Gasteiger partial charge in [0.2, 0.25) is 5.91 Å². The molecule has 3 aliphatic rings. The van der Waals surface area contributed by atoms with Crippen molar-refractivity contribution >= 4 is 17.2 Å². The molecule has 2 saturated heterocycles. The molecule has 0 spiro atoms. The van der Waals surface area contributed by atoms with Crippen molar-refractivity contribution in [2.75, 3.05) is 63.9 Å². The molecule has 0 radical (unpaired) electrons. The van der Waals surface area contributed by atoms with Gasteiger partial charge in [-0.05, 0) is 51.5 Å². The van der Waals surface area contributed by atoms with Gasteiger partial charge in [-0.25, -0.2) is 29.7 Å². The minimum atomic E-state index is -1.17. The van der Waals surface area contributed by atoms with Crippen molar-refractivity contribution in [2.24, 2.45) is 0 Å². The van der Waals surface area contributed by atoms with Crippen molar-refractivity contribution in [3.05, 3.63) is 74.9 Å². The summed E-state index contributed by atoms with van der Waals surface area (Å²) in [5, 5.41) is 18.9. The average Bonchev–Trinajstić information content (AvgIpc) is 3.48. The quantitative estimate of drug-likeness (QED) is 0.333. The Morgan fingerprint density at radius 3 is 2.57 bits per heavy atom. The Balaban J connectivity index is 1.33. The van der Waals surface area contributed by atoms with Crippen LogP contribution in [-0.2, 0) is 23.2 Å². The van der Waals surface area contributed by atoms with Crippen molar-refractivity contribution in [1.82, 2.24) is 34.2 Å². The van der Waals surface area contributed by atoms with Gasteiger partial charge >= 0.3 is 5.69 Å². The number of carbonyl (C=O) groups excluding carboxylic acids is 1. The molecule has 3 atom stereocenters. The second-order valence-corrected chi connectivity index (χ2v) is 15.6. The van der Waals surface area contributed by atoms with Crippen LogP contribution in [0.5, 0.6) is 0 Å². The molecule has 1 aromatic carbocycles. The van der Waals surface area contributed by atoms with Crippen LogP contribution in [0.25, 0.3) is 10.5 Å². The molecule has 2 N–H and O–H groups in total. The molecule has 12 nitrogen and oxygen atoms in total. The van der Waals surface area contributed by atoms with E-state index in [9.17, 15) is 19.1 Å². The van der Waals surface area contributed by atoms with Gasteiger partial charge in [-0.3, -0.25) is 19.4 Å². The SMILES string of the molecule is [C-]#[N+]CN1CCN(C[C@H]2CN[C@H](C)CN2CC(=O)N2CC(C)(C)c3c2cc(Cc2ccc(F)cc2)c2nn(CC(C)(C)O)c(=O)n32)[C@H](C)C1. The molecular formula is C36H50FN9O3. The van der Waals surface area contributed by atoms with Crippen LogP contribution in [0.4, 0.5) is 10.1 Å². The van der Waals surface area contributed by atoms with Crippen LogP contribution < -0.4 is 15.9 Å². The lowest BCUT2D eigenvalue weighted by Crippen LogP contribution is -2.63. The number of fused-ring (bicyclic) bond motifs is 3. The smallest absolute Gasteiger partial charge is 0.350 e. The zero-order valence-corrected chi connectivity index (χ0v) is 29.6. The van der Waals surface area contributed by atoms with Gasteiger partial charge < -0.3 is 15.3 Å². The number of hydrogen-bond acceptors (Lipinski definition) is 8. The summed E-state index contributed by atoms with van der Waals surface area (Å²) in [6, 6.07) is 8.93. The second-order valence-electron chi connectivity index (χ2n) is 15.6. The van der Waals surface area contributed by atoms with Crippen LogP contribution in [0.2, 0.25) is 0 Å². The van der Waals surface area contributed by atoms with Crippen molar-refractivity contribution in [2.45, 2.75) is 83.6 Å². The molecule has 3 aliphatic heterocycles. The number of aliphatic hydroxyl groups is 1. The molecule has 3 aromatic rings. The summed E-state index contributed by atoms with van der Waals surface area (Å²) in [5.74, 6) is -0.353. The zero-order chi connectivity index (χ0) is 35.2. The molecule has 1 amide bonds. The molecular weight excluding hydrogens is 625 g/mol. The van der Waals surface area contributed by atoms with Gasteiger partial charge in [0.05, 0.1) is 30.1 Å². The molecule has 0 aliphatic carbocycles. The lowest BCUT2D eigenvalue weighted by Gasteiger charge is -2.45. The van der Waals surface area contributed by atoms with E-state index in [0.717, 1.165) is 56.1 Å². The number of benzene rings is 1. The maximum absolute atomic E-state index is 14.4. The molecule has 49 heavy (non-hydrogen) atoms. The van der Waals surface area contributed by atoms with Gasteiger partial charge in [-0.2, -0.15) is 0 Å². The zero-order valence-electron chi connectivity index (χ0n) is 29.6. The maximum atomic E-state index is 14.4. The number of piperazine rings is 2. The number of halogens is 1. The summed E-state index contributed by atoms with van der Waals surface area (Å²) < 4.78 is 16.7. The predicted molar refractivity (Wildman–Crippen MR) is 187 cm³/mol. The van der Waals surface area contributed by atoms with Crippen LogP contribution in [0.1, 0.15) is 58.4 Å². The Bertz CT molecular complexity index is 1790. The number of amides is 1. The molecule has 5 heterocycles. The van der Waals surface area contributed by atoms with Gasteiger partial charge in [-0.1, -0.05) is 26.0 Å². The molecule has 2 aromatic heterocycles. The van der Waals surface area contributed by atoms with Gasteiger partial charge in [0.1, 0.15) is 5.82 Å². The monoisotopic (exact) mass is 675 g/mol. The Hall–Kier alpha value is -3.67. The minimum Gasteiger partial charge on any atom is -0.389 e. The first kappa shape index (κ1) is 35.2. The third kappa shape index (κ3) is 7.44. The van der Waals surface area contributed by atoms with E-state index in [-0.39, 0.29) is 42.6 Å². The van der Waals surface area contributed by atoms with Gasteiger partial charge in [0.25, 0.3) is 6.67 Å². The Labute approximate surface area is 287 Å². The topological polar surface area (TPSA) is 106 Å². The maximum Gasteiger partial charge on any atom is 0.350 e. The number of anilines is 1. The van der Waals surface area contributed by atoms with Crippen molar-refractivity contribution in [3.8, 4) is 0 Å². The van der Waals surface area contributed by atoms with Crippen LogP contribution in [0.15, 0.2) is 35.1 Å². The predicted octanol–water partition coefficient (Wildman–Crippen LogP) is 2.17. The standard InChI is InChI=1S/C36H50FN9O3/c1-24-17-43(29(16-39-24)19-42-13-12-41(23-38-7)18-25(42)2)20-31(47)44-21-35(3,4)32-30(44)15-27(14-26-8-10-28(37)11-9-26)33-40-45(22-36(5,6)49)34(48)46(32)33/h8-11,15,24-25,29,39,49H,12-14,16-23H2,1-6H3/t24-,25-,29-/m1/s1. The van der Waals surface area contributed by atoms with E-state index in [1.165, 1.54) is 16.8 Å². The van der Waals surface area contributed by atoms with E-state index in [2.05, 4.69) is 38.7 Å². The second kappa shape index (κ2) is 13.6. The summed E-state index contributed by atoms with van der Waals surface area (Å²) in [4.78, 5) is 40.8. The van der Waals surface area contributed by atoms with Crippen LogP contribution >= 0.6 is 0 Å². The molecule has 0 unspecified atom stereocenters. The van der Waals surface area contributed by atoms with Crippen LogP contribution in [-0.4, -0.2) is 123 Å². The Kier molecular flexibility index (Phi) is 9.74. The summed E-state index contributed by atoms with van der Waals surface area (Å²) in [6.45, 7) is 25.0. The number of nitrogens with one attached hydrogen (secondary N) is 1. The van der Waals surface area contributed by atoms with Gasteiger partial charge in [0, 0.05) is 81.3 Å². The fourth-order valence-electron chi connectivity index (χ4n) is 7.79. The molecule has 264 valence electrons. The molecule has 6 rings (SSSR count). The third-order valence-corrected chi connectivity index (χ3v) is 10.2. The Morgan fingerprint density at radius 1 is 1.16 bits per heavy atom. The number of aromatic nitrogens is 3. The summed E-state index contributed by atoms with van der Waals surface area (Å²) >= 11 is 0. The van der Waals surface area contributed by atoms with Crippen molar-refractivity contribution in [1.29, 1.82) is 0 Å². The van der Waals surface area contributed by atoms with Crippen molar-refractivity contribution < 1.29 is 14.3 Å². The lowest BCUT2D eigenvalue weighted by molar-refractivity contribution is -0.121. The highest BCUT2D eigenvalue weighted by Gasteiger charge is 2.43. The number of pyridine rings is 1. The number of nitrogens with zero attached hydrogens (tertiary/aromatic N) is 8. The molecule has 0 saturated carbocycles. The molecule has 0 bridgehead atoms. The van der Waals surface area contributed by atoms with E-state index in [1.807, 2.05) is 24.8 Å². The van der Waals surface area contributed by atoms with Crippen molar-refractivity contribution in [3.63, 3.8) is 0 Å². The van der Waals surface area contributed by atoms with E-state index in [0.29, 0.717) is 37.0 Å². The summed E-state index contributed by atoms with van der Waals surface area (Å²) in [6.07, 6.45) is 0.386.